The summed E-state index contributed by atoms with van der Waals surface area (Å²) in [5.41, 5.74) is -0.881. The first-order valence-corrected chi connectivity index (χ1v) is 7.68. The van der Waals surface area contributed by atoms with Gasteiger partial charge in [-0.3, -0.25) is 4.79 Å². The minimum absolute atomic E-state index is 0.00629. The molecule has 0 saturated carbocycles. The van der Waals surface area contributed by atoms with E-state index in [0.717, 1.165) is 30.3 Å². The minimum atomic E-state index is -4.58. The molecule has 27 heavy (non-hydrogen) atoms. The minimum Gasteiger partial charge on any atom is -0.480 e. The lowest BCUT2D eigenvalue weighted by atomic mass is 10.0. The fourth-order valence-electron chi connectivity index (χ4n) is 2.45. The second-order valence-corrected chi connectivity index (χ2v) is 5.82. The Morgan fingerprint density at radius 2 is 1.63 bits per heavy atom. The number of rotatable bonds is 6. The number of amides is 1. The highest BCUT2D eigenvalue weighted by atomic mass is 19.4. The standard InChI is InChI=1S/C18H14F5NO3/c19-13-5-11(6-14(20)9-13)8-16(25)24-15(17(26)27)7-10-2-1-3-12(4-10)18(21,22)23/h1-6,9,15H,7-8H2,(H,24,25)(H,26,27)/t15-/m0/s1. The number of carboxylic acids is 1. The van der Waals surface area contributed by atoms with Gasteiger partial charge in [0, 0.05) is 12.5 Å². The molecule has 9 heteroatoms. The number of nitrogens with one attached hydrogen (secondary N) is 1. The number of alkyl halides is 3. The molecule has 0 aliphatic heterocycles. The third-order valence-electron chi connectivity index (χ3n) is 3.61. The number of carboxylic acid groups (broad SMARTS) is 1. The van der Waals surface area contributed by atoms with E-state index in [4.69, 9.17) is 0 Å². The molecule has 2 aromatic carbocycles. The van der Waals surface area contributed by atoms with E-state index in [9.17, 15) is 36.6 Å². The van der Waals surface area contributed by atoms with Crippen molar-refractivity contribution < 1.29 is 36.6 Å². The van der Waals surface area contributed by atoms with Crippen LogP contribution < -0.4 is 5.32 Å². The number of carbonyl (C=O) groups is 2. The fourth-order valence-corrected chi connectivity index (χ4v) is 2.45. The summed E-state index contributed by atoms with van der Waals surface area (Å²) in [5, 5.41) is 11.4. The molecular formula is C18H14F5NO3. The maximum absolute atomic E-state index is 13.1. The number of aliphatic carboxylic acids is 1. The van der Waals surface area contributed by atoms with Gasteiger partial charge < -0.3 is 10.4 Å². The van der Waals surface area contributed by atoms with E-state index in [1.54, 1.807) is 0 Å². The number of hydrogen-bond acceptors (Lipinski definition) is 2. The largest absolute Gasteiger partial charge is 0.480 e. The molecule has 0 bridgehead atoms. The molecule has 1 atom stereocenters. The quantitative estimate of drug-likeness (QED) is 0.748. The van der Waals surface area contributed by atoms with E-state index in [0.29, 0.717) is 6.07 Å². The van der Waals surface area contributed by atoms with Crippen molar-refractivity contribution in [3.8, 4) is 0 Å². The van der Waals surface area contributed by atoms with Crippen molar-refractivity contribution in [3.05, 3.63) is 70.8 Å². The molecule has 1 amide bonds. The van der Waals surface area contributed by atoms with Gasteiger partial charge in [0.15, 0.2) is 0 Å². The van der Waals surface area contributed by atoms with Gasteiger partial charge in [-0.25, -0.2) is 13.6 Å². The van der Waals surface area contributed by atoms with Crippen molar-refractivity contribution in [1.82, 2.24) is 5.32 Å². The van der Waals surface area contributed by atoms with Crippen LogP contribution in [-0.4, -0.2) is 23.0 Å². The molecule has 0 heterocycles. The molecule has 2 N–H and O–H groups in total. The van der Waals surface area contributed by atoms with Gasteiger partial charge in [-0.2, -0.15) is 13.2 Å². The Bertz CT molecular complexity index is 831. The van der Waals surface area contributed by atoms with E-state index < -0.39 is 47.7 Å². The molecule has 2 rings (SSSR count). The highest BCUT2D eigenvalue weighted by Crippen LogP contribution is 2.29. The lowest BCUT2D eigenvalue weighted by molar-refractivity contribution is -0.141. The molecular weight excluding hydrogens is 373 g/mol. The Kier molecular flexibility index (Phi) is 6.14. The molecule has 0 unspecified atom stereocenters. The summed E-state index contributed by atoms with van der Waals surface area (Å²) in [6.45, 7) is 0. The molecule has 0 saturated heterocycles. The highest BCUT2D eigenvalue weighted by molar-refractivity contribution is 5.85. The summed E-state index contributed by atoms with van der Waals surface area (Å²) >= 11 is 0. The number of carbonyl (C=O) groups excluding carboxylic acids is 1. The third kappa shape index (κ3) is 6.05. The second-order valence-electron chi connectivity index (χ2n) is 5.82. The van der Waals surface area contributed by atoms with Crippen LogP contribution in [-0.2, 0) is 28.6 Å². The average Bonchev–Trinajstić information content (AvgIpc) is 2.52. The Balaban J connectivity index is 2.09. The third-order valence-corrected chi connectivity index (χ3v) is 3.61. The molecule has 0 aliphatic rings. The van der Waals surface area contributed by atoms with Crippen molar-refractivity contribution >= 4 is 11.9 Å². The summed E-state index contributed by atoms with van der Waals surface area (Å²) in [4.78, 5) is 23.3. The van der Waals surface area contributed by atoms with Crippen LogP contribution in [0.4, 0.5) is 22.0 Å². The number of hydrogen-bond donors (Lipinski definition) is 2. The molecule has 0 aromatic heterocycles. The van der Waals surface area contributed by atoms with Crippen molar-refractivity contribution in [3.63, 3.8) is 0 Å². The fraction of sp³-hybridized carbons (Fsp3) is 0.222. The zero-order valence-electron chi connectivity index (χ0n) is 13.7. The average molecular weight is 387 g/mol. The predicted octanol–water partition coefficient (Wildman–Crippen LogP) is 3.34. The Hall–Kier alpha value is -2.97. The lowest BCUT2D eigenvalue weighted by Gasteiger charge is -2.16. The molecule has 0 spiro atoms. The van der Waals surface area contributed by atoms with Gasteiger partial charge >= 0.3 is 12.1 Å². The van der Waals surface area contributed by atoms with Crippen LogP contribution in [0.3, 0.4) is 0 Å². The molecule has 0 fully saturated rings. The summed E-state index contributed by atoms with van der Waals surface area (Å²) < 4.78 is 64.5. The van der Waals surface area contributed by atoms with E-state index in [1.807, 2.05) is 0 Å². The summed E-state index contributed by atoms with van der Waals surface area (Å²) in [7, 11) is 0. The topological polar surface area (TPSA) is 66.4 Å². The van der Waals surface area contributed by atoms with Crippen LogP contribution in [0.15, 0.2) is 42.5 Å². The molecule has 0 radical (unpaired) electrons. The maximum atomic E-state index is 13.1. The Morgan fingerprint density at radius 3 is 2.19 bits per heavy atom. The van der Waals surface area contributed by atoms with Gasteiger partial charge in [-0.05, 0) is 29.3 Å². The van der Waals surface area contributed by atoms with E-state index in [2.05, 4.69) is 5.32 Å². The van der Waals surface area contributed by atoms with Gasteiger partial charge in [0.25, 0.3) is 0 Å². The van der Waals surface area contributed by atoms with E-state index >= 15 is 0 Å². The van der Waals surface area contributed by atoms with Crippen molar-refractivity contribution in [2.75, 3.05) is 0 Å². The van der Waals surface area contributed by atoms with Crippen molar-refractivity contribution in [2.24, 2.45) is 0 Å². The summed E-state index contributed by atoms with van der Waals surface area (Å²) in [6.07, 6.45) is -5.46. The van der Waals surface area contributed by atoms with Crippen LogP contribution in [0, 0.1) is 11.6 Å². The lowest BCUT2D eigenvalue weighted by Crippen LogP contribution is -2.43. The van der Waals surface area contributed by atoms with Crippen LogP contribution in [0.2, 0.25) is 0 Å². The van der Waals surface area contributed by atoms with Gasteiger partial charge in [0.1, 0.15) is 17.7 Å². The van der Waals surface area contributed by atoms with Crippen LogP contribution in [0.25, 0.3) is 0 Å². The van der Waals surface area contributed by atoms with E-state index in [1.165, 1.54) is 6.07 Å². The van der Waals surface area contributed by atoms with Crippen molar-refractivity contribution in [1.29, 1.82) is 0 Å². The van der Waals surface area contributed by atoms with Gasteiger partial charge in [0.05, 0.1) is 12.0 Å². The second kappa shape index (κ2) is 8.15. The van der Waals surface area contributed by atoms with Gasteiger partial charge in [-0.1, -0.05) is 18.2 Å². The predicted molar refractivity (Wildman–Crippen MR) is 84.8 cm³/mol. The van der Waals surface area contributed by atoms with Gasteiger partial charge in [0.2, 0.25) is 5.91 Å². The normalized spacial score (nSPS) is 12.5. The molecule has 0 aliphatic carbocycles. The van der Waals surface area contributed by atoms with Crippen LogP contribution >= 0.6 is 0 Å². The Morgan fingerprint density at radius 1 is 1.00 bits per heavy atom. The van der Waals surface area contributed by atoms with Crippen molar-refractivity contribution in [2.45, 2.75) is 25.1 Å². The maximum Gasteiger partial charge on any atom is 0.416 e. The van der Waals surface area contributed by atoms with Gasteiger partial charge in [-0.15, -0.1) is 0 Å². The smallest absolute Gasteiger partial charge is 0.416 e. The highest BCUT2D eigenvalue weighted by Gasteiger charge is 2.31. The van der Waals surface area contributed by atoms with E-state index in [-0.39, 0.29) is 17.5 Å². The first-order valence-electron chi connectivity index (χ1n) is 7.68. The first kappa shape index (κ1) is 20.3. The number of benzene rings is 2. The summed E-state index contributed by atoms with van der Waals surface area (Å²) in [6, 6.07) is 5.04. The molecule has 4 nitrogen and oxygen atoms in total. The zero-order chi connectivity index (χ0) is 20.2. The Labute approximate surface area is 150 Å². The molecule has 2 aromatic rings. The van der Waals surface area contributed by atoms with Crippen LogP contribution in [0.1, 0.15) is 16.7 Å². The van der Waals surface area contributed by atoms with Crippen LogP contribution in [0.5, 0.6) is 0 Å². The number of halogens is 5. The first-order chi connectivity index (χ1) is 12.5. The SMILES string of the molecule is O=C(Cc1cc(F)cc(F)c1)N[C@@H](Cc1cccc(C(F)(F)F)c1)C(=O)O. The zero-order valence-corrected chi connectivity index (χ0v) is 13.7. The summed E-state index contributed by atoms with van der Waals surface area (Å²) in [5.74, 6) is -4.07. The molecule has 144 valence electrons. The monoisotopic (exact) mass is 387 g/mol.